The first-order chi connectivity index (χ1) is 14.6. The van der Waals surface area contributed by atoms with Crippen LogP contribution >= 0.6 is 0 Å². The van der Waals surface area contributed by atoms with Crippen molar-refractivity contribution < 1.29 is 13.2 Å². The number of sulfone groups is 1. The monoisotopic (exact) mass is 439 g/mol. The number of nitrogens with zero attached hydrogens (tertiary/aromatic N) is 1. The quantitative estimate of drug-likeness (QED) is 0.588. The van der Waals surface area contributed by atoms with Crippen LogP contribution in [0.15, 0.2) is 65.5 Å². The molecule has 0 aliphatic rings. The summed E-state index contributed by atoms with van der Waals surface area (Å²) < 4.78 is 23.4. The average molecular weight is 440 g/mol. The standard InChI is InChI=1S/C23H25N3O4S/c1-23(2,15-31(3,29)30)14-24-21(27)19-18(16-10-6-4-7-11-16)20(25-26-22(19)28)17-12-8-5-9-13-17/h4-13H,14-15H2,1-3H3,(H,24,27)(H,26,28). The lowest BCUT2D eigenvalue weighted by molar-refractivity contribution is 0.0938. The van der Waals surface area contributed by atoms with Crippen molar-refractivity contribution in [1.29, 1.82) is 0 Å². The molecule has 0 spiro atoms. The maximum Gasteiger partial charge on any atom is 0.277 e. The fraction of sp³-hybridized carbons (Fsp3) is 0.261. The van der Waals surface area contributed by atoms with Crippen LogP contribution in [0.25, 0.3) is 22.4 Å². The highest BCUT2D eigenvalue weighted by molar-refractivity contribution is 7.90. The Labute approximate surface area is 181 Å². The molecule has 0 bridgehead atoms. The molecule has 3 aromatic rings. The molecule has 1 heterocycles. The van der Waals surface area contributed by atoms with Gasteiger partial charge in [-0.25, -0.2) is 13.5 Å². The molecule has 162 valence electrons. The van der Waals surface area contributed by atoms with Crippen LogP contribution < -0.4 is 10.9 Å². The Morgan fingerprint density at radius 2 is 1.55 bits per heavy atom. The molecule has 0 atom stereocenters. The van der Waals surface area contributed by atoms with Crippen molar-refractivity contribution in [2.75, 3.05) is 18.6 Å². The fourth-order valence-electron chi connectivity index (χ4n) is 3.53. The number of aromatic amines is 1. The first-order valence-electron chi connectivity index (χ1n) is 9.77. The molecule has 7 nitrogen and oxygen atoms in total. The van der Waals surface area contributed by atoms with Gasteiger partial charge < -0.3 is 5.32 Å². The van der Waals surface area contributed by atoms with E-state index >= 15 is 0 Å². The van der Waals surface area contributed by atoms with Crippen LogP contribution in [0.2, 0.25) is 0 Å². The number of hydrogen-bond donors (Lipinski definition) is 2. The van der Waals surface area contributed by atoms with Gasteiger partial charge in [0.1, 0.15) is 15.4 Å². The molecular formula is C23H25N3O4S. The van der Waals surface area contributed by atoms with Gasteiger partial charge in [0.2, 0.25) is 0 Å². The fourth-order valence-corrected chi connectivity index (χ4v) is 5.05. The summed E-state index contributed by atoms with van der Waals surface area (Å²) in [6, 6.07) is 18.4. The van der Waals surface area contributed by atoms with Gasteiger partial charge in [0.05, 0.1) is 11.4 Å². The summed E-state index contributed by atoms with van der Waals surface area (Å²) in [5.74, 6) is -0.672. The average Bonchev–Trinajstić information content (AvgIpc) is 2.71. The van der Waals surface area contributed by atoms with Crippen LogP contribution in [0, 0.1) is 5.41 Å². The van der Waals surface area contributed by atoms with Gasteiger partial charge in [-0.05, 0) is 11.0 Å². The SMILES string of the molecule is CC(C)(CNC(=O)c1c(-c2ccccc2)c(-c2ccccc2)n[nH]c1=O)CS(C)(=O)=O. The maximum absolute atomic E-state index is 13.1. The van der Waals surface area contributed by atoms with Crippen molar-refractivity contribution in [2.24, 2.45) is 5.41 Å². The predicted molar refractivity (Wildman–Crippen MR) is 122 cm³/mol. The largest absolute Gasteiger partial charge is 0.351 e. The van der Waals surface area contributed by atoms with Gasteiger partial charge in [0.25, 0.3) is 11.5 Å². The van der Waals surface area contributed by atoms with Gasteiger partial charge in [-0.1, -0.05) is 74.5 Å². The number of nitrogens with one attached hydrogen (secondary N) is 2. The van der Waals surface area contributed by atoms with Crippen molar-refractivity contribution in [1.82, 2.24) is 15.5 Å². The summed E-state index contributed by atoms with van der Waals surface area (Å²) in [5.41, 5.74) is 0.968. The number of carbonyl (C=O) groups excluding carboxylic acids is 1. The lowest BCUT2D eigenvalue weighted by Crippen LogP contribution is -2.40. The number of amides is 1. The smallest absolute Gasteiger partial charge is 0.277 e. The van der Waals surface area contributed by atoms with Crippen LogP contribution in [-0.4, -0.2) is 43.1 Å². The zero-order chi connectivity index (χ0) is 22.6. The molecule has 1 amide bonds. The van der Waals surface area contributed by atoms with Gasteiger partial charge in [0.15, 0.2) is 0 Å². The van der Waals surface area contributed by atoms with Crippen LogP contribution in [0.5, 0.6) is 0 Å². The topological polar surface area (TPSA) is 109 Å². The minimum absolute atomic E-state index is 0.0600. The summed E-state index contributed by atoms with van der Waals surface area (Å²) in [6.07, 6.45) is 1.16. The molecule has 0 fully saturated rings. The molecule has 0 radical (unpaired) electrons. The molecule has 31 heavy (non-hydrogen) atoms. The molecule has 8 heteroatoms. The molecule has 2 N–H and O–H groups in total. The second-order valence-corrected chi connectivity index (χ2v) is 10.4. The third-order valence-electron chi connectivity index (χ3n) is 4.70. The zero-order valence-corrected chi connectivity index (χ0v) is 18.5. The molecule has 1 aromatic heterocycles. The zero-order valence-electron chi connectivity index (χ0n) is 17.7. The molecule has 0 saturated carbocycles. The number of H-pyrrole nitrogens is 1. The van der Waals surface area contributed by atoms with E-state index in [0.29, 0.717) is 16.8 Å². The van der Waals surface area contributed by atoms with Crippen LogP contribution in [0.4, 0.5) is 0 Å². The summed E-state index contributed by atoms with van der Waals surface area (Å²) >= 11 is 0. The van der Waals surface area contributed by atoms with Crippen molar-refractivity contribution >= 4 is 15.7 Å². The highest BCUT2D eigenvalue weighted by atomic mass is 32.2. The number of benzene rings is 2. The lowest BCUT2D eigenvalue weighted by Gasteiger charge is -2.24. The molecule has 0 saturated heterocycles. The minimum Gasteiger partial charge on any atom is -0.351 e. The van der Waals surface area contributed by atoms with E-state index < -0.39 is 26.7 Å². The van der Waals surface area contributed by atoms with Gasteiger partial charge in [0, 0.05) is 23.9 Å². The summed E-state index contributed by atoms with van der Waals surface area (Å²) in [7, 11) is -3.23. The number of hydrogen-bond acceptors (Lipinski definition) is 5. The van der Waals surface area contributed by atoms with Gasteiger partial charge in [-0.3, -0.25) is 9.59 Å². The van der Waals surface area contributed by atoms with Crippen molar-refractivity contribution in [3.05, 3.63) is 76.6 Å². The Morgan fingerprint density at radius 1 is 1.00 bits per heavy atom. The Hall–Kier alpha value is -3.26. The highest BCUT2D eigenvalue weighted by Gasteiger charge is 2.27. The Morgan fingerprint density at radius 3 is 2.10 bits per heavy atom. The van der Waals surface area contributed by atoms with Crippen molar-refractivity contribution in [2.45, 2.75) is 13.8 Å². The van der Waals surface area contributed by atoms with E-state index in [4.69, 9.17) is 0 Å². The van der Waals surface area contributed by atoms with Crippen LogP contribution in [0.1, 0.15) is 24.2 Å². The molecule has 0 aliphatic carbocycles. The third kappa shape index (κ3) is 5.67. The van der Waals surface area contributed by atoms with Crippen LogP contribution in [-0.2, 0) is 9.84 Å². The number of rotatable bonds is 7. The van der Waals surface area contributed by atoms with Gasteiger partial charge in [-0.15, -0.1) is 0 Å². The van der Waals surface area contributed by atoms with E-state index in [1.165, 1.54) is 0 Å². The van der Waals surface area contributed by atoms with Crippen LogP contribution in [0.3, 0.4) is 0 Å². The van der Waals surface area contributed by atoms with Gasteiger partial charge in [-0.2, -0.15) is 5.10 Å². The minimum atomic E-state index is -3.23. The second-order valence-electron chi connectivity index (χ2n) is 8.30. The lowest BCUT2D eigenvalue weighted by atomic mass is 9.94. The van der Waals surface area contributed by atoms with Crippen molar-refractivity contribution in [3.63, 3.8) is 0 Å². The first-order valence-corrected chi connectivity index (χ1v) is 11.8. The highest BCUT2D eigenvalue weighted by Crippen LogP contribution is 2.31. The molecule has 2 aromatic carbocycles. The van der Waals surface area contributed by atoms with E-state index in [9.17, 15) is 18.0 Å². The molecular weight excluding hydrogens is 414 g/mol. The van der Waals surface area contributed by atoms with E-state index in [-0.39, 0.29) is 17.9 Å². The van der Waals surface area contributed by atoms with Crippen molar-refractivity contribution in [3.8, 4) is 22.4 Å². The van der Waals surface area contributed by atoms with Gasteiger partial charge >= 0.3 is 0 Å². The van der Waals surface area contributed by atoms with E-state index in [1.54, 1.807) is 13.8 Å². The Bertz CT molecular complexity index is 1230. The maximum atomic E-state index is 13.1. The predicted octanol–water partition coefficient (Wildman–Crippen LogP) is 2.90. The normalized spacial score (nSPS) is 11.8. The summed E-state index contributed by atoms with van der Waals surface area (Å²) in [6.45, 7) is 3.59. The van der Waals surface area contributed by atoms with E-state index in [2.05, 4.69) is 15.5 Å². The second kappa shape index (κ2) is 8.85. The van der Waals surface area contributed by atoms with E-state index in [1.807, 2.05) is 60.7 Å². The summed E-state index contributed by atoms with van der Waals surface area (Å²) in [4.78, 5) is 25.9. The molecule has 0 unspecified atom stereocenters. The molecule has 3 rings (SSSR count). The molecule has 0 aliphatic heterocycles. The Kier molecular flexibility index (Phi) is 6.40. The number of aromatic nitrogens is 2. The number of carbonyl (C=O) groups is 1. The van der Waals surface area contributed by atoms with E-state index in [0.717, 1.165) is 11.8 Å². The summed E-state index contributed by atoms with van der Waals surface area (Å²) in [5, 5.41) is 9.40. The Balaban J connectivity index is 2.07. The third-order valence-corrected chi connectivity index (χ3v) is 6.01. The first kappa shape index (κ1) is 22.4.